The third-order valence-corrected chi connectivity index (χ3v) is 4.67. The summed E-state index contributed by atoms with van der Waals surface area (Å²) >= 11 is 6.22. The normalized spacial score (nSPS) is 11.1. The van der Waals surface area contributed by atoms with Gasteiger partial charge in [0, 0.05) is 40.8 Å². The Kier molecular flexibility index (Phi) is 4.36. The van der Waals surface area contributed by atoms with Crippen LogP contribution < -0.4 is 5.56 Å². The molecule has 0 saturated carbocycles. The first-order valence-corrected chi connectivity index (χ1v) is 8.62. The number of non-ortho nitro benzene ring substituents is 1. The Morgan fingerprint density at radius 2 is 1.96 bits per heavy atom. The Bertz CT molecular complexity index is 1220. The van der Waals surface area contributed by atoms with Gasteiger partial charge < -0.3 is 5.10 Å². The van der Waals surface area contributed by atoms with E-state index in [0.29, 0.717) is 33.2 Å². The SMILES string of the molecule is Cc1[nH]n(Cc2cc([N+](=O)[O-])ccc2Cl)c2nc(-c3ccncc3)nc(=O)c1-2. The fourth-order valence-electron chi connectivity index (χ4n) is 2.97. The van der Waals surface area contributed by atoms with Crippen molar-refractivity contribution in [1.29, 1.82) is 0 Å². The molecule has 1 N–H and O–H groups in total. The molecular formula is C18H13ClN6O3. The molecule has 0 aliphatic carbocycles. The number of nitro benzene ring substituents is 1. The van der Waals surface area contributed by atoms with Crippen LogP contribution >= 0.6 is 11.6 Å². The number of fused-ring (bicyclic) bond motifs is 1. The van der Waals surface area contributed by atoms with Crippen LogP contribution in [0.25, 0.3) is 22.8 Å². The Balaban J connectivity index is 1.84. The highest BCUT2D eigenvalue weighted by Crippen LogP contribution is 2.27. The van der Waals surface area contributed by atoms with Crippen molar-refractivity contribution >= 4 is 17.3 Å². The lowest BCUT2D eigenvalue weighted by Gasteiger charge is -2.09. The second kappa shape index (κ2) is 6.86. The van der Waals surface area contributed by atoms with Gasteiger partial charge in [-0.05, 0) is 30.7 Å². The third kappa shape index (κ3) is 3.12. The molecule has 0 unspecified atom stereocenters. The Morgan fingerprint density at radius 1 is 1.21 bits per heavy atom. The molecule has 2 aromatic rings. The van der Waals surface area contributed by atoms with Crippen LogP contribution in [0.5, 0.6) is 0 Å². The Morgan fingerprint density at radius 3 is 2.68 bits per heavy atom. The number of halogens is 1. The highest BCUT2D eigenvalue weighted by atomic mass is 35.5. The Hall–Kier alpha value is -3.59. The monoisotopic (exact) mass is 396 g/mol. The summed E-state index contributed by atoms with van der Waals surface area (Å²) in [6.45, 7) is 1.92. The summed E-state index contributed by atoms with van der Waals surface area (Å²) in [7, 11) is 0. The fraction of sp³-hybridized carbons (Fsp3) is 0.111. The van der Waals surface area contributed by atoms with Gasteiger partial charge in [-0.1, -0.05) is 11.6 Å². The average Bonchev–Trinajstić information content (AvgIpc) is 3.00. The van der Waals surface area contributed by atoms with Crippen LogP contribution in [0.15, 0.2) is 47.5 Å². The summed E-state index contributed by atoms with van der Waals surface area (Å²) in [4.78, 5) is 35.7. The molecule has 10 heteroatoms. The number of hydrogen-bond acceptors (Lipinski definition) is 6. The smallest absolute Gasteiger partial charge is 0.284 e. The third-order valence-electron chi connectivity index (χ3n) is 4.30. The largest absolute Gasteiger partial charge is 0.300 e. The molecule has 4 rings (SSSR count). The van der Waals surface area contributed by atoms with Crippen LogP contribution in [-0.2, 0) is 6.54 Å². The van der Waals surface area contributed by atoms with Gasteiger partial charge in [0.05, 0.1) is 11.5 Å². The van der Waals surface area contributed by atoms with E-state index in [2.05, 4.69) is 20.1 Å². The molecule has 0 spiro atoms. The van der Waals surface area contributed by atoms with Crippen LogP contribution in [0.3, 0.4) is 0 Å². The van der Waals surface area contributed by atoms with E-state index in [4.69, 9.17) is 11.6 Å². The van der Waals surface area contributed by atoms with E-state index in [-0.39, 0.29) is 18.1 Å². The molecule has 0 bridgehead atoms. The highest BCUT2D eigenvalue weighted by molar-refractivity contribution is 6.31. The standard InChI is InChI=1S/C18H13ClN6O3/c1-10-15-17(21-16(22-18(15)26)11-4-6-20-7-5-11)24(23-10)9-12-8-13(25(27)28)2-3-14(12)19/h2-8,23H,9H2,1H3. The minimum atomic E-state index is -0.484. The van der Waals surface area contributed by atoms with Crippen LogP contribution in [-0.4, -0.2) is 29.7 Å². The van der Waals surface area contributed by atoms with Crippen molar-refractivity contribution in [2.75, 3.05) is 0 Å². The number of hydrogen-bond donors (Lipinski definition) is 1. The number of benzene rings is 1. The van der Waals surface area contributed by atoms with Crippen LogP contribution in [0.4, 0.5) is 5.69 Å². The first-order chi connectivity index (χ1) is 13.4. The molecule has 3 heterocycles. The van der Waals surface area contributed by atoms with Gasteiger partial charge in [0.1, 0.15) is 5.56 Å². The van der Waals surface area contributed by atoms with E-state index in [1.807, 2.05) is 0 Å². The Labute approximate surface area is 163 Å². The number of aromatic amines is 1. The van der Waals surface area contributed by atoms with E-state index in [1.165, 1.54) is 18.2 Å². The minimum Gasteiger partial charge on any atom is -0.300 e. The van der Waals surface area contributed by atoms with Gasteiger partial charge in [-0.3, -0.25) is 24.6 Å². The molecule has 2 aliphatic rings. The predicted octanol–water partition coefficient (Wildman–Crippen LogP) is 3.05. The number of rotatable bonds is 4. The molecule has 0 fully saturated rings. The van der Waals surface area contributed by atoms with Gasteiger partial charge in [0.25, 0.3) is 11.2 Å². The second-order valence-electron chi connectivity index (χ2n) is 6.14. The van der Waals surface area contributed by atoms with Crippen molar-refractivity contribution in [1.82, 2.24) is 24.7 Å². The van der Waals surface area contributed by atoms with Gasteiger partial charge >= 0.3 is 0 Å². The molecule has 1 aromatic heterocycles. The summed E-state index contributed by atoms with van der Waals surface area (Å²) in [5, 5.41) is 14.5. The quantitative estimate of drug-likeness (QED) is 0.418. The van der Waals surface area contributed by atoms with E-state index in [0.717, 1.165) is 0 Å². The molecule has 0 radical (unpaired) electrons. The number of aromatic nitrogens is 5. The number of aryl methyl sites for hydroxylation is 1. The lowest BCUT2D eigenvalue weighted by atomic mass is 10.2. The summed E-state index contributed by atoms with van der Waals surface area (Å²) in [6.07, 6.45) is 3.18. The molecule has 9 nitrogen and oxygen atoms in total. The maximum atomic E-state index is 12.6. The van der Waals surface area contributed by atoms with E-state index in [9.17, 15) is 14.9 Å². The first-order valence-electron chi connectivity index (χ1n) is 8.24. The molecule has 28 heavy (non-hydrogen) atoms. The summed E-state index contributed by atoms with van der Waals surface area (Å²) < 4.78 is 1.63. The van der Waals surface area contributed by atoms with Gasteiger partial charge in [0.2, 0.25) is 0 Å². The summed E-state index contributed by atoms with van der Waals surface area (Å²) in [5.74, 6) is 0.671. The number of nitrogens with zero attached hydrogens (tertiary/aromatic N) is 5. The molecular weight excluding hydrogens is 384 g/mol. The molecule has 2 aliphatic heterocycles. The van der Waals surface area contributed by atoms with E-state index < -0.39 is 10.5 Å². The van der Waals surface area contributed by atoms with E-state index >= 15 is 0 Å². The first kappa shape index (κ1) is 17.8. The maximum absolute atomic E-state index is 12.6. The zero-order valence-electron chi connectivity index (χ0n) is 14.6. The fourth-order valence-corrected chi connectivity index (χ4v) is 3.15. The van der Waals surface area contributed by atoms with Crippen LogP contribution in [0, 0.1) is 17.0 Å². The minimum absolute atomic E-state index is 0.0656. The van der Waals surface area contributed by atoms with Crippen LogP contribution in [0.1, 0.15) is 11.3 Å². The lowest BCUT2D eigenvalue weighted by molar-refractivity contribution is -0.384. The molecule has 0 atom stereocenters. The lowest BCUT2D eigenvalue weighted by Crippen LogP contribution is -2.15. The van der Waals surface area contributed by atoms with Crippen molar-refractivity contribution in [3.8, 4) is 22.8 Å². The van der Waals surface area contributed by atoms with Gasteiger partial charge in [0.15, 0.2) is 11.6 Å². The van der Waals surface area contributed by atoms with Crippen LogP contribution in [0.2, 0.25) is 5.02 Å². The number of pyridine rings is 1. The maximum Gasteiger partial charge on any atom is 0.284 e. The van der Waals surface area contributed by atoms with Gasteiger partial charge in [-0.25, -0.2) is 4.98 Å². The zero-order valence-corrected chi connectivity index (χ0v) is 15.3. The molecule has 140 valence electrons. The van der Waals surface area contributed by atoms with E-state index in [1.54, 1.807) is 36.1 Å². The summed E-state index contributed by atoms with van der Waals surface area (Å²) in [6, 6.07) is 7.64. The van der Waals surface area contributed by atoms with Crippen molar-refractivity contribution in [3.63, 3.8) is 0 Å². The van der Waals surface area contributed by atoms with Crippen molar-refractivity contribution in [3.05, 3.63) is 79.5 Å². The average molecular weight is 397 g/mol. The van der Waals surface area contributed by atoms with Gasteiger partial charge in [-0.2, -0.15) is 4.98 Å². The zero-order chi connectivity index (χ0) is 19.8. The number of H-pyrrole nitrogens is 1. The predicted molar refractivity (Wildman–Crippen MR) is 102 cm³/mol. The molecule has 1 aromatic carbocycles. The van der Waals surface area contributed by atoms with Crippen molar-refractivity contribution < 1.29 is 4.92 Å². The van der Waals surface area contributed by atoms with Crippen molar-refractivity contribution in [2.45, 2.75) is 13.5 Å². The molecule has 0 amide bonds. The van der Waals surface area contributed by atoms with Gasteiger partial charge in [-0.15, -0.1) is 0 Å². The number of nitrogens with one attached hydrogen (secondary N) is 1. The summed E-state index contributed by atoms with van der Waals surface area (Å²) in [5.41, 5.74) is 1.68. The number of nitro groups is 1. The molecule has 0 saturated heterocycles. The topological polar surface area (TPSA) is 120 Å². The highest BCUT2D eigenvalue weighted by Gasteiger charge is 2.22. The second-order valence-corrected chi connectivity index (χ2v) is 6.55. The van der Waals surface area contributed by atoms with Crippen molar-refractivity contribution in [2.24, 2.45) is 0 Å².